The Bertz CT molecular complexity index is 1360. The molecule has 12 heteroatoms. The average molecular weight is 635 g/mol. The number of halogens is 2. The lowest BCUT2D eigenvalue weighted by atomic mass is 9.85. The Labute approximate surface area is 263 Å². The second kappa shape index (κ2) is 17.0. The highest BCUT2D eigenvalue weighted by Crippen LogP contribution is 2.30. The highest BCUT2D eigenvalue weighted by molar-refractivity contribution is 5.90. The number of H-pyrrole nitrogens is 1. The molecule has 2 fully saturated rings. The number of ether oxygens (including phenoxy) is 1. The van der Waals surface area contributed by atoms with E-state index in [0.29, 0.717) is 42.8 Å². The number of allylic oxidation sites excluding steroid dienone is 2. The number of esters is 1. The first-order valence-corrected chi connectivity index (χ1v) is 15.7. The molecule has 1 aromatic heterocycles. The van der Waals surface area contributed by atoms with Gasteiger partial charge in [-0.25, -0.2) is 14.6 Å². The number of carbonyl (C=O) groups excluding carboxylic acids is 2. The Morgan fingerprint density at radius 1 is 1.13 bits per heavy atom. The molecule has 1 aliphatic heterocycles. The maximum atomic E-state index is 14.3. The van der Waals surface area contributed by atoms with Crippen molar-refractivity contribution in [3.05, 3.63) is 52.5 Å². The van der Waals surface area contributed by atoms with Gasteiger partial charge in [-0.3, -0.25) is 9.59 Å². The number of hydrogen-bond acceptors (Lipinski definition) is 6. The molecule has 2 atom stereocenters. The normalized spacial score (nSPS) is 17.7. The summed E-state index contributed by atoms with van der Waals surface area (Å²) in [5.41, 5.74) is -1.34. The molecule has 1 aromatic carbocycles. The van der Waals surface area contributed by atoms with Gasteiger partial charge in [0, 0.05) is 6.54 Å². The Balaban J connectivity index is 0.000000300. The molecule has 0 bridgehead atoms. The Hall–Kier alpha value is -3.83. The summed E-state index contributed by atoms with van der Waals surface area (Å²) in [7, 11) is 1.28. The van der Waals surface area contributed by atoms with Crippen LogP contribution in [0.3, 0.4) is 0 Å². The smallest absolute Gasteiger partial charge is 0.405 e. The topological polar surface area (TPSA) is 142 Å². The molecule has 2 amide bonds. The van der Waals surface area contributed by atoms with Crippen LogP contribution in [0.5, 0.6) is 0 Å². The van der Waals surface area contributed by atoms with Crippen molar-refractivity contribution >= 4 is 29.0 Å². The molecule has 1 unspecified atom stereocenters. The molecular weight excluding hydrogens is 586 g/mol. The third-order valence-electron chi connectivity index (χ3n) is 7.85. The minimum absolute atomic E-state index is 0.362. The molecule has 0 radical (unpaired) electrons. The van der Waals surface area contributed by atoms with E-state index in [4.69, 9.17) is 9.84 Å². The van der Waals surface area contributed by atoms with Gasteiger partial charge in [0.2, 0.25) is 5.91 Å². The van der Waals surface area contributed by atoms with E-state index in [0.717, 1.165) is 12.5 Å². The van der Waals surface area contributed by atoms with Crippen molar-refractivity contribution < 1.29 is 33.0 Å². The number of para-hydroxylation sites is 2. The number of hydrogen-bond donors (Lipinski definition) is 3. The number of rotatable bonds is 8. The zero-order valence-electron chi connectivity index (χ0n) is 27.2. The Morgan fingerprint density at radius 2 is 1.78 bits per heavy atom. The zero-order chi connectivity index (χ0) is 33.8. The molecule has 4 rings (SSSR count). The number of amides is 2. The molecular formula is C33H48F2N4O6. The molecule has 45 heavy (non-hydrogen) atoms. The summed E-state index contributed by atoms with van der Waals surface area (Å²) in [5, 5.41) is 11.1. The SMILES string of the molecule is CC.COC(=O)C1CCCN1C(=O)[C@@H](NC(=O)O)C(C)(C)C.O=c1[nH]c2ccccc2nc1C(F)(F)/C=C/CCC1CCCC1. The third kappa shape index (κ3) is 10.6. The zero-order valence-corrected chi connectivity index (χ0v) is 27.2. The average Bonchev–Trinajstić information content (AvgIpc) is 3.71. The first-order valence-electron chi connectivity index (χ1n) is 15.7. The molecule has 2 heterocycles. The van der Waals surface area contributed by atoms with Crippen LogP contribution in [-0.4, -0.2) is 63.7 Å². The van der Waals surface area contributed by atoms with E-state index in [1.54, 1.807) is 45.0 Å². The number of alkyl halides is 2. The van der Waals surface area contributed by atoms with Crippen LogP contribution in [0.25, 0.3) is 11.0 Å². The van der Waals surface area contributed by atoms with Crippen molar-refractivity contribution in [2.45, 2.75) is 104 Å². The van der Waals surface area contributed by atoms with Crippen molar-refractivity contribution in [3.8, 4) is 0 Å². The highest BCUT2D eigenvalue weighted by Gasteiger charge is 2.42. The van der Waals surface area contributed by atoms with E-state index < -0.39 is 46.7 Å². The van der Waals surface area contributed by atoms with Crippen molar-refractivity contribution in [3.63, 3.8) is 0 Å². The predicted octanol–water partition coefficient (Wildman–Crippen LogP) is 6.40. The molecule has 1 saturated carbocycles. The van der Waals surface area contributed by atoms with E-state index >= 15 is 0 Å². The van der Waals surface area contributed by atoms with Crippen LogP contribution < -0.4 is 10.9 Å². The van der Waals surface area contributed by atoms with Gasteiger partial charge >= 0.3 is 18.0 Å². The van der Waals surface area contributed by atoms with Gasteiger partial charge in [0.05, 0.1) is 18.1 Å². The standard InChI is InChI=1S/C18H20F2N2O.C13H22N2O5.C2H6/c19-18(20,12-6-5-9-13-7-1-2-8-13)16-17(23)22-15-11-4-3-10-14(15)21-16;1-13(2,3)9(14-12(18)19)10(16)15-7-5-6-8(15)11(17)20-4;1-2/h3-4,6,10-13H,1-2,5,7-9H2,(H,22,23);8-9,14H,5-7H2,1-4H3,(H,18,19);1-2H3/b12-6+;;/t;8?,9-;/m.1./s1. The molecule has 10 nitrogen and oxygen atoms in total. The molecule has 1 aliphatic carbocycles. The van der Waals surface area contributed by atoms with Gasteiger partial charge in [0.25, 0.3) is 5.56 Å². The molecule has 2 aliphatic rings. The molecule has 250 valence electrons. The predicted molar refractivity (Wildman–Crippen MR) is 169 cm³/mol. The van der Waals surface area contributed by atoms with E-state index in [2.05, 4.69) is 15.3 Å². The summed E-state index contributed by atoms with van der Waals surface area (Å²) in [5.74, 6) is -3.53. The van der Waals surface area contributed by atoms with Crippen LogP contribution in [0.1, 0.15) is 91.7 Å². The van der Waals surface area contributed by atoms with Gasteiger partial charge in [0.1, 0.15) is 12.1 Å². The van der Waals surface area contributed by atoms with Crippen molar-refractivity contribution in [2.75, 3.05) is 13.7 Å². The quantitative estimate of drug-likeness (QED) is 0.225. The number of aromatic amines is 1. The van der Waals surface area contributed by atoms with Gasteiger partial charge in [-0.1, -0.05) is 78.5 Å². The van der Waals surface area contributed by atoms with Gasteiger partial charge < -0.3 is 25.0 Å². The second-order valence-electron chi connectivity index (χ2n) is 12.1. The lowest BCUT2D eigenvalue weighted by Gasteiger charge is -2.34. The van der Waals surface area contributed by atoms with Crippen molar-refractivity contribution in [1.82, 2.24) is 20.2 Å². The summed E-state index contributed by atoms with van der Waals surface area (Å²) in [6.07, 6.45) is 8.75. The van der Waals surface area contributed by atoms with E-state index in [1.165, 1.54) is 43.8 Å². The number of nitrogens with one attached hydrogen (secondary N) is 2. The molecule has 2 aromatic rings. The maximum absolute atomic E-state index is 14.3. The van der Waals surface area contributed by atoms with E-state index in [1.807, 2.05) is 13.8 Å². The number of carboxylic acid groups (broad SMARTS) is 1. The van der Waals surface area contributed by atoms with E-state index in [-0.39, 0.29) is 5.91 Å². The number of fused-ring (bicyclic) bond motifs is 1. The number of benzene rings is 1. The number of aromatic nitrogens is 2. The first kappa shape index (κ1) is 37.4. The molecule has 1 saturated heterocycles. The van der Waals surface area contributed by atoms with Gasteiger partial charge in [0.15, 0.2) is 5.69 Å². The Morgan fingerprint density at radius 3 is 2.38 bits per heavy atom. The van der Waals surface area contributed by atoms with Crippen LogP contribution in [0, 0.1) is 11.3 Å². The number of likely N-dealkylation sites (tertiary alicyclic amines) is 1. The third-order valence-corrected chi connectivity index (χ3v) is 7.85. The number of nitrogens with zero attached hydrogens (tertiary/aromatic N) is 2. The summed E-state index contributed by atoms with van der Waals surface area (Å²) in [6, 6.07) is 5.16. The van der Waals surface area contributed by atoms with Gasteiger partial charge in [-0.2, -0.15) is 8.78 Å². The first-order chi connectivity index (χ1) is 21.2. The van der Waals surface area contributed by atoms with Crippen molar-refractivity contribution in [2.24, 2.45) is 11.3 Å². The summed E-state index contributed by atoms with van der Waals surface area (Å²) in [6.45, 7) is 9.75. The fourth-order valence-corrected chi connectivity index (χ4v) is 5.55. The minimum Gasteiger partial charge on any atom is -0.467 e. The van der Waals surface area contributed by atoms with Crippen LogP contribution >= 0.6 is 0 Å². The summed E-state index contributed by atoms with van der Waals surface area (Å²) < 4.78 is 33.2. The van der Waals surface area contributed by atoms with Crippen LogP contribution in [-0.2, 0) is 20.2 Å². The maximum Gasteiger partial charge on any atom is 0.405 e. The fraction of sp³-hybridized carbons (Fsp3) is 0.606. The number of carbonyl (C=O) groups is 3. The Kier molecular flexibility index (Phi) is 14.1. The monoisotopic (exact) mass is 634 g/mol. The van der Waals surface area contributed by atoms with Crippen LogP contribution in [0.2, 0.25) is 0 Å². The lowest BCUT2D eigenvalue weighted by Crippen LogP contribution is -2.56. The van der Waals surface area contributed by atoms with Gasteiger partial charge in [-0.15, -0.1) is 0 Å². The van der Waals surface area contributed by atoms with Crippen LogP contribution in [0.15, 0.2) is 41.2 Å². The fourth-order valence-electron chi connectivity index (χ4n) is 5.55. The summed E-state index contributed by atoms with van der Waals surface area (Å²) in [4.78, 5) is 54.7. The lowest BCUT2D eigenvalue weighted by molar-refractivity contribution is -0.152. The van der Waals surface area contributed by atoms with Crippen molar-refractivity contribution in [1.29, 1.82) is 0 Å². The second-order valence-corrected chi connectivity index (χ2v) is 12.1. The summed E-state index contributed by atoms with van der Waals surface area (Å²) >= 11 is 0. The van der Waals surface area contributed by atoms with Gasteiger partial charge in [-0.05, 0) is 55.2 Å². The molecule has 3 N–H and O–H groups in total. The number of methoxy groups -OCH3 is 1. The molecule has 0 spiro atoms. The highest BCUT2D eigenvalue weighted by atomic mass is 19.3. The van der Waals surface area contributed by atoms with E-state index in [9.17, 15) is 28.0 Å². The largest absolute Gasteiger partial charge is 0.467 e. The minimum atomic E-state index is -3.35. The van der Waals surface area contributed by atoms with Crippen LogP contribution in [0.4, 0.5) is 13.6 Å².